The van der Waals surface area contributed by atoms with Crippen LogP contribution in [0, 0.1) is 11.6 Å². The third-order valence-electron chi connectivity index (χ3n) is 5.64. The van der Waals surface area contributed by atoms with Crippen molar-refractivity contribution in [3.05, 3.63) is 65.9 Å². The lowest BCUT2D eigenvalue weighted by Gasteiger charge is -2.22. The number of halogens is 2. The number of hydrogen-bond acceptors (Lipinski definition) is 4. The molecule has 37 heavy (non-hydrogen) atoms. The maximum Gasteiger partial charge on any atom is 0.322 e. The van der Waals surface area contributed by atoms with E-state index in [4.69, 9.17) is 9.84 Å². The number of urea groups is 1. The van der Waals surface area contributed by atoms with Gasteiger partial charge in [0.25, 0.3) is 0 Å². The molecule has 0 spiro atoms. The summed E-state index contributed by atoms with van der Waals surface area (Å²) in [4.78, 5) is 27.3. The van der Waals surface area contributed by atoms with Crippen LogP contribution in [0.5, 0.6) is 5.75 Å². The molecule has 0 aliphatic heterocycles. The Morgan fingerprint density at radius 2 is 1.73 bits per heavy atom. The lowest BCUT2D eigenvalue weighted by molar-refractivity contribution is -0.116. The second-order valence-electron chi connectivity index (χ2n) is 9.66. The second kappa shape index (κ2) is 11.9. The first kappa shape index (κ1) is 27.6. The third kappa shape index (κ3) is 7.28. The molecule has 0 saturated carbocycles. The molecule has 10 heteroatoms. The van der Waals surface area contributed by atoms with E-state index in [9.17, 15) is 18.4 Å². The highest BCUT2D eigenvalue weighted by Gasteiger charge is 2.23. The first-order valence-electron chi connectivity index (χ1n) is 12.1. The van der Waals surface area contributed by atoms with E-state index in [1.54, 1.807) is 30.0 Å². The molecule has 0 unspecified atom stereocenters. The summed E-state index contributed by atoms with van der Waals surface area (Å²) in [6, 6.07) is 11.6. The predicted octanol–water partition coefficient (Wildman–Crippen LogP) is 5.73. The zero-order valence-electron chi connectivity index (χ0n) is 21.8. The number of benzene rings is 2. The van der Waals surface area contributed by atoms with Crippen molar-refractivity contribution in [3.8, 4) is 11.4 Å². The number of carbonyl (C=O) groups is 2. The zero-order valence-corrected chi connectivity index (χ0v) is 21.8. The molecule has 3 rings (SSSR count). The monoisotopic (exact) mass is 513 g/mol. The number of rotatable bonds is 9. The van der Waals surface area contributed by atoms with E-state index in [1.165, 1.54) is 11.0 Å². The molecule has 0 fully saturated rings. The lowest BCUT2D eigenvalue weighted by Crippen LogP contribution is -2.41. The summed E-state index contributed by atoms with van der Waals surface area (Å²) in [7, 11) is 1.58. The van der Waals surface area contributed by atoms with Crippen LogP contribution in [-0.4, -0.2) is 46.8 Å². The number of unbranched alkanes of at least 4 members (excludes halogenated alkanes) is 1. The summed E-state index contributed by atoms with van der Waals surface area (Å²) in [5.41, 5.74) is 1.33. The van der Waals surface area contributed by atoms with Crippen LogP contribution in [0.4, 0.5) is 25.1 Å². The zero-order chi connectivity index (χ0) is 27.2. The molecule has 1 heterocycles. The van der Waals surface area contributed by atoms with Gasteiger partial charge < -0.3 is 20.3 Å². The Kier molecular flexibility index (Phi) is 8.86. The maximum atomic E-state index is 13.6. The van der Waals surface area contributed by atoms with Crippen LogP contribution in [0.15, 0.2) is 48.5 Å². The van der Waals surface area contributed by atoms with Gasteiger partial charge in [-0.2, -0.15) is 5.10 Å². The Bertz CT molecular complexity index is 1240. The fourth-order valence-electron chi connectivity index (χ4n) is 3.49. The van der Waals surface area contributed by atoms with Crippen LogP contribution in [0.25, 0.3) is 5.69 Å². The van der Waals surface area contributed by atoms with Gasteiger partial charge in [0.15, 0.2) is 11.6 Å². The number of hydrogen-bond donors (Lipinski definition) is 2. The Morgan fingerprint density at radius 3 is 2.32 bits per heavy atom. The van der Waals surface area contributed by atoms with Gasteiger partial charge in [-0.3, -0.25) is 4.79 Å². The van der Waals surface area contributed by atoms with Crippen molar-refractivity contribution < 1.29 is 23.1 Å². The van der Waals surface area contributed by atoms with Gasteiger partial charge in [0, 0.05) is 29.8 Å². The van der Waals surface area contributed by atoms with E-state index in [-0.39, 0.29) is 17.6 Å². The van der Waals surface area contributed by atoms with Gasteiger partial charge in [-0.1, -0.05) is 34.1 Å². The molecule has 8 nitrogen and oxygen atoms in total. The number of carbonyl (C=O) groups excluding carboxylic acids is 2. The molecule has 3 aromatic rings. The summed E-state index contributed by atoms with van der Waals surface area (Å²) < 4.78 is 33.7. The highest BCUT2D eigenvalue weighted by molar-refractivity contribution is 5.96. The topological polar surface area (TPSA) is 88.5 Å². The Balaban J connectivity index is 1.80. The van der Waals surface area contributed by atoms with E-state index in [0.29, 0.717) is 24.5 Å². The molecule has 198 valence electrons. The van der Waals surface area contributed by atoms with Crippen molar-refractivity contribution in [2.24, 2.45) is 0 Å². The van der Waals surface area contributed by atoms with Gasteiger partial charge in [-0.15, -0.1) is 0 Å². The summed E-state index contributed by atoms with van der Waals surface area (Å²) in [6.45, 7) is 8.10. The lowest BCUT2D eigenvalue weighted by atomic mass is 9.92. The Hall–Kier alpha value is -3.95. The number of methoxy groups -OCH3 is 1. The number of aromatic nitrogens is 2. The van der Waals surface area contributed by atoms with Crippen LogP contribution in [0.3, 0.4) is 0 Å². The molecule has 3 amide bonds. The Morgan fingerprint density at radius 1 is 1.03 bits per heavy atom. The van der Waals surface area contributed by atoms with Crippen LogP contribution in [-0.2, 0) is 10.2 Å². The highest BCUT2D eigenvalue weighted by atomic mass is 19.2. The largest absolute Gasteiger partial charge is 0.497 e. The summed E-state index contributed by atoms with van der Waals surface area (Å²) in [6.07, 6.45) is 1.46. The van der Waals surface area contributed by atoms with Crippen molar-refractivity contribution in [1.82, 2.24) is 14.7 Å². The van der Waals surface area contributed by atoms with E-state index in [2.05, 4.69) is 10.6 Å². The van der Waals surface area contributed by atoms with Gasteiger partial charge in [0.2, 0.25) is 5.91 Å². The van der Waals surface area contributed by atoms with Crippen molar-refractivity contribution in [2.45, 2.75) is 46.0 Å². The summed E-state index contributed by atoms with van der Waals surface area (Å²) in [5.74, 6) is -1.36. The number of anilines is 2. The van der Waals surface area contributed by atoms with Crippen molar-refractivity contribution in [2.75, 3.05) is 30.8 Å². The molecular formula is C27H33F2N5O3. The van der Waals surface area contributed by atoms with Crippen LogP contribution < -0.4 is 15.4 Å². The fourth-order valence-corrected chi connectivity index (χ4v) is 3.49. The maximum absolute atomic E-state index is 13.6. The first-order chi connectivity index (χ1) is 17.5. The van der Waals surface area contributed by atoms with Crippen LogP contribution in [0.2, 0.25) is 0 Å². The summed E-state index contributed by atoms with van der Waals surface area (Å²) in [5, 5.41) is 10.1. The molecule has 0 radical (unpaired) electrons. The van der Waals surface area contributed by atoms with Crippen LogP contribution >= 0.6 is 0 Å². The minimum absolute atomic E-state index is 0.0956. The predicted molar refractivity (Wildman–Crippen MR) is 139 cm³/mol. The molecular weight excluding hydrogens is 480 g/mol. The molecule has 2 N–H and O–H groups in total. The number of ether oxygens (including phenoxy) is 1. The molecule has 2 aromatic carbocycles. The minimum atomic E-state index is -1.07. The Labute approximate surface area is 215 Å². The normalized spacial score (nSPS) is 11.2. The van der Waals surface area contributed by atoms with E-state index < -0.39 is 23.6 Å². The van der Waals surface area contributed by atoms with Gasteiger partial charge in [0.05, 0.1) is 18.5 Å². The van der Waals surface area contributed by atoms with E-state index in [1.807, 2.05) is 39.8 Å². The quantitative estimate of drug-likeness (QED) is 0.383. The smallest absolute Gasteiger partial charge is 0.322 e. The van der Waals surface area contributed by atoms with Crippen LogP contribution in [0.1, 0.15) is 46.2 Å². The second-order valence-corrected chi connectivity index (χ2v) is 9.66. The molecule has 0 bridgehead atoms. The number of nitrogens with one attached hydrogen (secondary N) is 2. The van der Waals surface area contributed by atoms with Gasteiger partial charge in [-0.05, 0) is 42.8 Å². The van der Waals surface area contributed by atoms with E-state index >= 15 is 0 Å². The standard InChI is InChI=1S/C27H33F2N5O3/c1-6-7-14-33(26(36)30-18-8-13-21(28)22(29)15-18)17-25(35)31-24-16-23(27(2,3)4)32-34(24)19-9-11-20(37-5)12-10-19/h8-13,15-16H,6-7,14,17H2,1-5H3,(H,30,36)(H,31,35). The fraction of sp³-hybridized carbons (Fsp3) is 0.370. The minimum Gasteiger partial charge on any atom is -0.497 e. The van der Waals surface area contributed by atoms with Gasteiger partial charge >= 0.3 is 6.03 Å². The molecule has 0 aliphatic rings. The highest BCUT2D eigenvalue weighted by Crippen LogP contribution is 2.27. The van der Waals surface area contributed by atoms with Gasteiger partial charge in [0.1, 0.15) is 18.1 Å². The molecule has 0 saturated heterocycles. The van der Waals surface area contributed by atoms with E-state index in [0.717, 1.165) is 29.9 Å². The molecule has 1 aromatic heterocycles. The van der Waals surface area contributed by atoms with Crippen molar-refractivity contribution in [1.29, 1.82) is 0 Å². The average molecular weight is 514 g/mol. The average Bonchev–Trinajstić information content (AvgIpc) is 3.28. The van der Waals surface area contributed by atoms with Crippen molar-refractivity contribution >= 4 is 23.4 Å². The summed E-state index contributed by atoms with van der Waals surface area (Å²) >= 11 is 0. The van der Waals surface area contributed by atoms with Crippen molar-refractivity contribution in [3.63, 3.8) is 0 Å². The number of nitrogens with zero attached hydrogens (tertiary/aromatic N) is 3. The number of amides is 3. The third-order valence-corrected chi connectivity index (χ3v) is 5.64. The SMILES string of the molecule is CCCCN(CC(=O)Nc1cc(C(C)(C)C)nn1-c1ccc(OC)cc1)C(=O)Nc1ccc(F)c(F)c1. The van der Waals surface area contributed by atoms with Gasteiger partial charge in [-0.25, -0.2) is 18.3 Å². The first-order valence-corrected chi connectivity index (χ1v) is 12.1. The molecule has 0 aliphatic carbocycles. The molecule has 0 atom stereocenters.